The molecule has 0 bridgehead atoms. The molecule has 0 aliphatic carbocycles. The molecule has 1 aromatic heterocycles. The number of thioether (sulfide) groups is 1. The molecular weight excluding hydrogens is 530 g/mol. The first-order chi connectivity index (χ1) is 20.0. The van der Waals surface area contributed by atoms with Crippen LogP contribution in [-0.2, 0) is 29.1 Å². The number of carbonyl (C=O) groups is 3. The van der Waals surface area contributed by atoms with Crippen molar-refractivity contribution in [1.82, 2.24) is 14.4 Å². The maximum atomic E-state index is 13.4. The maximum Gasteiger partial charge on any atom is 0.294 e. The molecule has 3 heterocycles. The van der Waals surface area contributed by atoms with Crippen LogP contribution in [-0.4, -0.2) is 44.5 Å². The zero-order valence-electron chi connectivity index (χ0n) is 22.3. The molecule has 2 aliphatic rings. The largest absolute Gasteiger partial charge is 0.342 e. The Hall–Kier alpha value is -4.62. The molecule has 6 nitrogen and oxygen atoms in total. The second-order valence-corrected chi connectivity index (χ2v) is 11.5. The number of imide groups is 1. The molecule has 0 unspecified atom stereocenters. The van der Waals surface area contributed by atoms with Gasteiger partial charge in [-0.2, -0.15) is 0 Å². The number of benzene rings is 4. The van der Waals surface area contributed by atoms with Gasteiger partial charge in [0.15, 0.2) is 0 Å². The average molecular weight is 558 g/mol. The molecule has 0 radical (unpaired) electrons. The molecule has 0 atom stereocenters. The predicted octanol–water partition coefficient (Wildman–Crippen LogP) is 6.46. The summed E-state index contributed by atoms with van der Waals surface area (Å²) in [7, 11) is 0. The number of aromatic nitrogens is 1. The monoisotopic (exact) mass is 557 g/mol. The fraction of sp³-hybridized carbons (Fsp3) is 0.147. The molecule has 0 saturated carbocycles. The van der Waals surface area contributed by atoms with E-state index in [-0.39, 0.29) is 12.5 Å². The van der Waals surface area contributed by atoms with Gasteiger partial charge in [-0.3, -0.25) is 19.3 Å². The lowest BCUT2D eigenvalue weighted by atomic mass is 10.00. The summed E-state index contributed by atoms with van der Waals surface area (Å²) in [4.78, 5) is 42.5. The molecule has 4 aromatic carbocycles. The SMILES string of the molecule is O=C(CN1C(=O)S/C(=C\c2cn(Cc3cccc4ccccc34)c3ccccc23)C1=O)N1CCc2ccccc2C1. The Labute approximate surface area is 241 Å². The molecule has 7 heteroatoms. The van der Waals surface area contributed by atoms with Crippen LogP contribution in [0.5, 0.6) is 0 Å². The van der Waals surface area contributed by atoms with Crippen LogP contribution in [0.15, 0.2) is 102 Å². The minimum absolute atomic E-state index is 0.213. The maximum absolute atomic E-state index is 13.4. The Morgan fingerprint density at radius 1 is 0.829 bits per heavy atom. The number of para-hydroxylation sites is 1. The van der Waals surface area contributed by atoms with Crippen LogP contribution in [0.4, 0.5) is 4.79 Å². The van der Waals surface area contributed by atoms with E-state index in [2.05, 4.69) is 53.1 Å². The third-order valence-electron chi connectivity index (χ3n) is 7.98. The zero-order valence-corrected chi connectivity index (χ0v) is 23.1. The standard InChI is InChI=1S/C34H27N3O3S/c38-32(35-17-16-23-8-1-2-10-25(23)19-35)22-37-33(39)31(41-34(37)40)18-27-21-36(30-15-6-5-14-29(27)30)20-26-12-7-11-24-9-3-4-13-28(24)26/h1-15,18,21H,16-17,19-20,22H2/b31-18-. The molecule has 202 valence electrons. The summed E-state index contributed by atoms with van der Waals surface area (Å²) >= 11 is 0.896. The van der Waals surface area contributed by atoms with Crippen molar-refractivity contribution >= 4 is 56.6 Å². The van der Waals surface area contributed by atoms with Gasteiger partial charge in [-0.15, -0.1) is 0 Å². The first-order valence-corrected chi connectivity index (χ1v) is 14.5. The van der Waals surface area contributed by atoms with E-state index in [0.717, 1.165) is 45.1 Å². The Bertz CT molecular complexity index is 1880. The number of carbonyl (C=O) groups excluding carboxylic acids is 3. The first kappa shape index (κ1) is 25.4. The van der Waals surface area contributed by atoms with Crippen LogP contribution in [0.25, 0.3) is 27.8 Å². The van der Waals surface area contributed by atoms with Crippen LogP contribution < -0.4 is 0 Å². The lowest BCUT2D eigenvalue weighted by molar-refractivity contribution is -0.136. The van der Waals surface area contributed by atoms with Crippen molar-refractivity contribution in [3.63, 3.8) is 0 Å². The summed E-state index contributed by atoms with van der Waals surface area (Å²) in [5, 5.41) is 2.99. The van der Waals surface area contributed by atoms with Crippen molar-refractivity contribution in [3.05, 3.63) is 124 Å². The number of fused-ring (bicyclic) bond motifs is 3. The van der Waals surface area contributed by atoms with E-state index in [1.807, 2.05) is 48.7 Å². The summed E-state index contributed by atoms with van der Waals surface area (Å²) in [6, 6.07) is 30.8. The Kier molecular flexibility index (Phi) is 6.44. The van der Waals surface area contributed by atoms with Gasteiger partial charge in [-0.25, -0.2) is 0 Å². The van der Waals surface area contributed by atoms with Gasteiger partial charge in [-0.1, -0.05) is 84.9 Å². The van der Waals surface area contributed by atoms with E-state index in [0.29, 0.717) is 24.5 Å². The Balaban J connectivity index is 1.14. The molecular formula is C34H27N3O3S. The van der Waals surface area contributed by atoms with Gasteiger partial charge in [0.2, 0.25) is 5.91 Å². The van der Waals surface area contributed by atoms with Crippen LogP contribution in [0, 0.1) is 0 Å². The molecule has 2 aliphatic heterocycles. The molecule has 7 rings (SSSR count). The second-order valence-electron chi connectivity index (χ2n) is 10.5. The van der Waals surface area contributed by atoms with Crippen molar-refractivity contribution in [2.24, 2.45) is 0 Å². The van der Waals surface area contributed by atoms with E-state index in [9.17, 15) is 14.4 Å². The van der Waals surface area contributed by atoms with Crippen LogP contribution >= 0.6 is 11.8 Å². The summed E-state index contributed by atoms with van der Waals surface area (Å²) in [6.07, 6.45) is 4.59. The third-order valence-corrected chi connectivity index (χ3v) is 8.88. The van der Waals surface area contributed by atoms with Crippen molar-refractivity contribution in [1.29, 1.82) is 0 Å². The molecule has 0 spiro atoms. The van der Waals surface area contributed by atoms with Gasteiger partial charge in [0.25, 0.3) is 11.1 Å². The third kappa shape index (κ3) is 4.72. The molecule has 3 amide bonds. The van der Waals surface area contributed by atoms with Crippen molar-refractivity contribution < 1.29 is 14.4 Å². The van der Waals surface area contributed by atoms with Crippen molar-refractivity contribution in [2.75, 3.05) is 13.1 Å². The highest BCUT2D eigenvalue weighted by Crippen LogP contribution is 2.35. The number of nitrogens with zero attached hydrogens (tertiary/aromatic N) is 3. The van der Waals surface area contributed by atoms with Gasteiger partial charge in [0.05, 0.1) is 4.91 Å². The highest BCUT2D eigenvalue weighted by atomic mass is 32.2. The molecule has 5 aromatic rings. The zero-order chi connectivity index (χ0) is 27.9. The number of hydrogen-bond donors (Lipinski definition) is 0. The van der Waals surface area contributed by atoms with Crippen molar-refractivity contribution in [3.8, 4) is 0 Å². The average Bonchev–Trinajstić information content (AvgIpc) is 3.48. The summed E-state index contributed by atoms with van der Waals surface area (Å²) in [5.41, 5.74) is 5.47. The Morgan fingerprint density at radius 3 is 2.44 bits per heavy atom. The predicted molar refractivity (Wildman–Crippen MR) is 163 cm³/mol. The Morgan fingerprint density at radius 2 is 1.56 bits per heavy atom. The van der Waals surface area contributed by atoms with E-state index in [1.54, 1.807) is 11.0 Å². The number of amides is 3. The van der Waals surface area contributed by atoms with Crippen LogP contribution in [0.2, 0.25) is 0 Å². The van der Waals surface area contributed by atoms with Gasteiger partial charge < -0.3 is 9.47 Å². The second kappa shape index (κ2) is 10.4. The van der Waals surface area contributed by atoms with E-state index < -0.39 is 11.1 Å². The highest BCUT2D eigenvalue weighted by Gasteiger charge is 2.37. The van der Waals surface area contributed by atoms with E-state index in [4.69, 9.17) is 0 Å². The number of hydrogen-bond acceptors (Lipinski definition) is 4. The molecule has 1 fully saturated rings. The van der Waals surface area contributed by atoms with E-state index in [1.165, 1.54) is 21.9 Å². The fourth-order valence-electron chi connectivity index (χ4n) is 5.86. The molecule has 1 saturated heterocycles. The molecule has 41 heavy (non-hydrogen) atoms. The van der Waals surface area contributed by atoms with Gasteiger partial charge in [0, 0.05) is 42.3 Å². The fourth-order valence-corrected chi connectivity index (χ4v) is 6.69. The topological polar surface area (TPSA) is 62.6 Å². The lowest BCUT2D eigenvalue weighted by Gasteiger charge is -2.29. The van der Waals surface area contributed by atoms with E-state index >= 15 is 0 Å². The lowest BCUT2D eigenvalue weighted by Crippen LogP contribution is -2.44. The van der Waals surface area contributed by atoms with Gasteiger partial charge in [0.1, 0.15) is 6.54 Å². The van der Waals surface area contributed by atoms with Gasteiger partial charge >= 0.3 is 0 Å². The smallest absolute Gasteiger partial charge is 0.294 e. The minimum atomic E-state index is -0.420. The van der Waals surface area contributed by atoms with Crippen LogP contribution in [0.1, 0.15) is 22.3 Å². The summed E-state index contributed by atoms with van der Waals surface area (Å²) < 4.78 is 2.19. The number of rotatable bonds is 5. The minimum Gasteiger partial charge on any atom is -0.342 e. The van der Waals surface area contributed by atoms with Crippen LogP contribution in [0.3, 0.4) is 0 Å². The first-order valence-electron chi connectivity index (χ1n) is 13.7. The quantitative estimate of drug-likeness (QED) is 0.233. The summed E-state index contributed by atoms with van der Waals surface area (Å²) in [6.45, 7) is 1.51. The van der Waals surface area contributed by atoms with Gasteiger partial charge in [-0.05, 0) is 57.8 Å². The molecule has 0 N–H and O–H groups in total. The highest BCUT2D eigenvalue weighted by molar-refractivity contribution is 8.18. The summed E-state index contributed by atoms with van der Waals surface area (Å²) in [5.74, 6) is -0.633. The van der Waals surface area contributed by atoms with Crippen molar-refractivity contribution in [2.45, 2.75) is 19.5 Å². The normalized spacial score (nSPS) is 16.2.